The number of nitrogens with zero attached hydrogens (tertiary/aromatic N) is 3. The molecule has 23 heavy (non-hydrogen) atoms. The fraction of sp³-hybridized carbons (Fsp3) is 0.765. The molecule has 3 rings (SSSR count). The number of thiazole rings is 1. The maximum atomic E-state index is 4.49. The first-order valence-corrected chi connectivity index (χ1v) is 9.54. The molecule has 1 aliphatic carbocycles. The molecule has 2 unspecified atom stereocenters. The molecule has 0 bridgehead atoms. The molecule has 128 valence electrons. The third-order valence-electron chi connectivity index (χ3n) is 4.85. The molecular formula is C17H29N5S. The molecule has 0 radical (unpaired) electrons. The van der Waals surface area contributed by atoms with Crippen LogP contribution in [0.3, 0.4) is 0 Å². The van der Waals surface area contributed by atoms with Gasteiger partial charge in [0.15, 0.2) is 5.96 Å². The molecule has 2 atom stereocenters. The van der Waals surface area contributed by atoms with Crippen LogP contribution in [0.25, 0.3) is 0 Å². The zero-order chi connectivity index (χ0) is 16.4. The molecule has 1 aliphatic heterocycles. The minimum Gasteiger partial charge on any atom is -0.356 e. The van der Waals surface area contributed by atoms with Crippen molar-refractivity contribution < 1.29 is 0 Å². The lowest BCUT2D eigenvalue weighted by Gasteiger charge is -2.20. The summed E-state index contributed by atoms with van der Waals surface area (Å²) in [4.78, 5) is 12.9. The summed E-state index contributed by atoms with van der Waals surface area (Å²) in [6.45, 7) is 8.57. The van der Waals surface area contributed by atoms with Gasteiger partial charge in [0.05, 0.1) is 10.7 Å². The van der Waals surface area contributed by atoms with E-state index >= 15 is 0 Å². The van der Waals surface area contributed by atoms with E-state index in [0.717, 1.165) is 36.5 Å². The first-order chi connectivity index (χ1) is 11.1. The first kappa shape index (κ1) is 16.7. The highest BCUT2D eigenvalue weighted by atomic mass is 32.1. The highest BCUT2D eigenvalue weighted by molar-refractivity contribution is 7.11. The van der Waals surface area contributed by atoms with Gasteiger partial charge in [0.1, 0.15) is 0 Å². The van der Waals surface area contributed by atoms with Crippen molar-refractivity contribution in [1.82, 2.24) is 20.5 Å². The molecule has 2 fully saturated rings. The van der Waals surface area contributed by atoms with Gasteiger partial charge in [0, 0.05) is 49.6 Å². The van der Waals surface area contributed by atoms with Crippen molar-refractivity contribution in [3.63, 3.8) is 0 Å². The lowest BCUT2D eigenvalue weighted by molar-refractivity contribution is 0.256. The zero-order valence-electron chi connectivity index (χ0n) is 14.7. The second-order valence-corrected chi connectivity index (χ2v) is 8.13. The third-order valence-corrected chi connectivity index (χ3v) is 5.98. The van der Waals surface area contributed by atoms with Crippen molar-refractivity contribution >= 4 is 17.3 Å². The van der Waals surface area contributed by atoms with E-state index in [1.807, 2.05) is 7.05 Å². The van der Waals surface area contributed by atoms with Gasteiger partial charge in [-0.1, -0.05) is 0 Å². The average molecular weight is 336 g/mol. The Bertz CT molecular complexity index is 563. The topological polar surface area (TPSA) is 52.6 Å². The predicted octanol–water partition coefficient (Wildman–Crippen LogP) is 2.09. The van der Waals surface area contributed by atoms with Gasteiger partial charge in [0.2, 0.25) is 0 Å². The van der Waals surface area contributed by atoms with Crippen LogP contribution in [-0.4, -0.2) is 54.1 Å². The molecule has 2 heterocycles. The van der Waals surface area contributed by atoms with Crippen LogP contribution in [0.4, 0.5) is 0 Å². The van der Waals surface area contributed by atoms with Crippen LogP contribution in [0.2, 0.25) is 0 Å². The Hall–Kier alpha value is -1.14. The van der Waals surface area contributed by atoms with E-state index < -0.39 is 0 Å². The van der Waals surface area contributed by atoms with Crippen LogP contribution in [0.1, 0.15) is 41.8 Å². The van der Waals surface area contributed by atoms with E-state index in [4.69, 9.17) is 0 Å². The molecule has 2 aliphatic rings. The number of aryl methyl sites for hydroxylation is 2. The Morgan fingerprint density at radius 2 is 2.17 bits per heavy atom. The van der Waals surface area contributed by atoms with E-state index in [0.29, 0.717) is 12.1 Å². The Morgan fingerprint density at radius 1 is 1.39 bits per heavy atom. The number of aromatic nitrogens is 1. The van der Waals surface area contributed by atoms with Gasteiger partial charge in [-0.15, -0.1) is 11.3 Å². The van der Waals surface area contributed by atoms with E-state index in [1.165, 1.54) is 29.8 Å². The molecule has 5 nitrogen and oxygen atoms in total. The highest BCUT2D eigenvalue weighted by Gasteiger charge is 2.38. The molecule has 2 N–H and O–H groups in total. The Kier molecular flexibility index (Phi) is 5.21. The van der Waals surface area contributed by atoms with Gasteiger partial charge < -0.3 is 10.6 Å². The normalized spacial score (nSPS) is 25.8. The van der Waals surface area contributed by atoms with Crippen molar-refractivity contribution in [2.24, 2.45) is 4.99 Å². The van der Waals surface area contributed by atoms with Crippen molar-refractivity contribution in [3.8, 4) is 0 Å². The second-order valence-electron chi connectivity index (χ2n) is 6.84. The maximum Gasteiger partial charge on any atom is 0.191 e. The number of nitrogens with one attached hydrogen (secondary N) is 2. The summed E-state index contributed by atoms with van der Waals surface area (Å²) >= 11 is 1.80. The fourth-order valence-electron chi connectivity index (χ4n) is 3.56. The number of hydrogen-bond acceptors (Lipinski definition) is 4. The van der Waals surface area contributed by atoms with Crippen LogP contribution in [-0.2, 0) is 6.42 Å². The standard InChI is InChI=1S/C17H29N5S/c1-11-9-14(10-22(11)15-5-6-15)21-17(18-4)19-8-7-16-12(2)20-13(3)23-16/h11,14-15H,5-10H2,1-4H3,(H2,18,19,21). The number of aliphatic imine (C=N–C) groups is 1. The van der Waals surface area contributed by atoms with Gasteiger partial charge in [0.25, 0.3) is 0 Å². The van der Waals surface area contributed by atoms with E-state index in [1.54, 1.807) is 11.3 Å². The minimum atomic E-state index is 0.518. The Morgan fingerprint density at radius 3 is 2.78 bits per heavy atom. The smallest absolute Gasteiger partial charge is 0.191 e. The molecular weight excluding hydrogens is 306 g/mol. The van der Waals surface area contributed by atoms with Crippen molar-refractivity contribution in [2.75, 3.05) is 20.1 Å². The average Bonchev–Trinajstić information content (AvgIpc) is 3.21. The minimum absolute atomic E-state index is 0.518. The van der Waals surface area contributed by atoms with Crippen LogP contribution < -0.4 is 10.6 Å². The van der Waals surface area contributed by atoms with Gasteiger partial charge in [-0.05, 0) is 40.0 Å². The van der Waals surface area contributed by atoms with Crippen LogP contribution in [0.15, 0.2) is 4.99 Å². The summed E-state index contributed by atoms with van der Waals surface area (Å²) in [6.07, 6.45) is 4.99. The van der Waals surface area contributed by atoms with Crippen LogP contribution >= 0.6 is 11.3 Å². The van der Waals surface area contributed by atoms with E-state index in [9.17, 15) is 0 Å². The highest BCUT2D eigenvalue weighted by Crippen LogP contribution is 2.33. The van der Waals surface area contributed by atoms with Gasteiger partial charge in [-0.3, -0.25) is 9.89 Å². The molecule has 0 amide bonds. The lowest BCUT2D eigenvalue weighted by atomic mass is 10.2. The number of hydrogen-bond donors (Lipinski definition) is 2. The van der Waals surface area contributed by atoms with Crippen LogP contribution in [0.5, 0.6) is 0 Å². The fourth-order valence-corrected chi connectivity index (χ4v) is 4.50. The summed E-state index contributed by atoms with van der Waals surface area (Å²) < 4.78 is 0. The SMILES string of the molecule is CN=C(NCCc1sc(C)nc1C)NC1CC(C)N(C2CC2)C1. The largest absolute Gasteiger partial charge is 0.356 e. The summed E-state index contributed by atoms with van der Waals surface area (Å²) in [6, 6.07) is 2.06. The maximum absolute atomic E-state index is 4.49. The van der Waals surface area contributed by atoms with Crippen molar-refractivity contribution in [3.05, 3.63) is 15.6 Å². The zero-order valence-corrected chi connectivity index (χ0v) is 15.5. The summed E-state index contributed by atoms with van der Waals surface area (Å²) in [5.41, 5.74) is 1.17. The summed E-state index contributed by atoms with van der Waals surface area (Å²) in [5, 5.41) is 8.21. The lowest BCUT2D eigenvalue weighted by Crippen LogP contribution is -2.45. The summed E-state index contributed by atoms with van der Waals surface area (Å²) in [7, 11) is 1.86. The van der Waals surface area contributed by atoms with E-state index in [-0.39, 0.29) is 0 Å². The number of rotatable bonds is 5. The predicted molar refractivity (Wildman–Crippen MR) is 97.4 cm³/mol. The molecule has 0 aromatic carbocycles. The first-order valence-electron chi connectivity index (χ1n) is 8.72. The Labute approximate surface area is 143 Å². The molecule has 1 saturated carbocycles. The molecule has 0 spiro atoms. The number of guanidine groups is 1. The monoisotopic (exact) mass is 335 g/mol. The molecule has 1 aromatic heterocycles. The summed E-state index contributed by atoms with van der Waals surface area (Å²) in [5.74, 6) is 0.929. The van der Waals surface area contributed by atoms with Crippen molar-refractivity contribution in [1.29, 1.82) is 0 Å². The molecule has 1 saturated heterocycles. The number of likely N-dealkylation sites (tertiary alicyclic amines) is 1. The molecule has 1 aromatic rings. The van der Waals surface area contributed by atoms with Gasteiger partial charge >= 0.3 is 0 Å². The van der Waals surface area contributed by atoms with Crippen LogP contribution in [0, 0.1) is 13.8 Å². The van der Waals surface area contributed by atoms with Gasteiger partial charge in [-0.25, -0.2) is 4.98 Å². The van der Waals surface area contributed by atoms with Gasteiger partial charge in [-0.2, -0.15) is 0 Å². The van der Waals surface area contributed by atoms with Crippen molar-refractivity contribution in [2.45, 2.75) is 64.6 Å². The quantitative estimate of drug-likeness (QED) is 0.639. The Balaban J connectivity index is 1.44. The third kappa shape index (κ3) is 4.23. The second kappa shape index (κ2) is 7.18. The van der Waals surface area contributed by atoms with E-state index in [2.05, 4.69) is 46.3 Å². The molecule has 6 heteroatoms.